The molecule has 0 aliphatic carbocycles. The Labute approximate surface area is 132 Å². The summed E-state index contributed by atoms with van der Waals surface area (Å²) >= 11 is 9.55. The van der Waals surface area contributed by atoms with Crippen LogP contribution in [-0.2, 0) is 6.54 Å². The molecule has 0 amide bonds. The lowest BCUT2D eigenvalue weighted by atomic mass is 10.2. The van der Waals surface area contributed by atoms with Gasteiger partial charge in [-0.25, -0.2) is 0 Å². The van der Waals surface area contributed by atoms with E-state index in [1.165, 1.54) is 0 Å². The largest absolute Gasteiger partial charge is 0.479 e. The van der Waals surface area contributed by atoms with E-state index in [4.69, 9.17) is 22.8 Å². The molecule has 0 saturated heterocycles. The molecule has 102 valence electrons. The van der Waals surface area contributed by atoms with Crippen LogP contribution in [-0.4, -0.2) is 6.61 Å². The minimum absolute atomic E-state index is 0.218. The van der Waals surface area contributed by atoms with Crippen molar-refractivity contribution in [3.63, 3.8) is 0 Å². The quantitative estimate of drug-likeness (QED) is 0.787. The molecule has 0 aromatic heterocycles. The first-order valence-corrected chi connectivity index (χ1v) is 7.20. The number of nitrogens with one attached hydrogen (secondary N) is 1. The molecule has 0 aliphatic rings. The van der Waals surface area contributed by atoms with E-state index in [-0.39, 0.29) is 6.61 Å². The van der Waals surface area contributed by atoms with Gasteiger partial charge in [0, 0.05) is 16.7 Å². The van der Waals surface area contributed by atoms with Gasteiger partial charge in [-0.2, -0.15) is 0 Å². The van der Waals surface area contributed by atoms with Gasteiger partial charge in [-0.15, -0.1) is 6.42 Å². The van der Waals surface area contributed by atoms with Gasteiger partial charge in [0.15, 0.2) is 0 Å². The third kappa shape index (κ3) is 4.19. The molecule has 0 fully saturated rings. The Kier molecular flexibility index (Phi) is 5.34. The molecule has 0 saturated carbocycles. The van der Waals surface area contributed by atoms with Gasteiger partial charge in [-0.3, -0.25) is 0 Å². The maximum atomic E-state index is 6.14. The molecule has 2 rings (SSSR count). The number of ether oxygens (including phenoxy) is 1. The Morgan fingerprint density at radius 3 is 2.60 bits per heavy atom. The van der Waals surface area contributed by atoms with E-state index in [1.807, 2.05) is 42.5 Å². The lowest BCUT2D eigenvalue weighted by molar-refractivity contribution is 0.370. The Balaban J connectivity index is 1.98. The monoisotopic (exact) mass is 349 g/mol. The fourth-order valence-corrected chi connectivity index (χ4v) is 2.18. The molecule has 2 aromatic carbocycles. The zero-order chi connectivity index (χ0) is 14.4. The van der Waals surface area contributed by atoms with Crippen LogP contribution in [0.5, 0.6) is 5.75 Å². The second kappa shape index (κ2) is 7.23. The minimum Gasteiger partial charge on any atom is -0.479 e. The zero-order valence-electron chi connectivity index (χ0n) is 10.7. The van der Waals surface area contributed by atoms with E-state index < -0.39 is 0 Å². The summed E-state index contributed by atoms with van der Waals surface area (Å²) in [5, 5.41) is 3.89. The molecule has 0 heterocycles. The SMILES string of the molecule is C#CCOc1ccc(CNc2ccc(Br)cc2)cc1Cl. The summed E-state index contributed by atoms with van der Waals surface area (Å²) < 4.78 is 6.38. The molecule has 0 radical (unpaired) electrons. The molecule has 4 heteroatoms. The highest BCUT2D eigenvalue weighted by atomic mass is 79.9. The van der Waals surface area contributed by atoms with Crippen molar-refractivity contribution in [2.75, 3.05) is 11.9 Å². The van der Waals surface area contributed by atoms with Crippen molar-refractivity contribution in [3.8, 4) is 18.1 Å². The minimum atomic E-state index is 0.218. The molecule has 0 spiro atoms. The molecular formula is C16H13BrClNO. The topological polar surface area (TPSA) is 21.3 Å². The predicted octanol–water partition coefficient (Wildman–Crippen LogP) is 4.73. The van der Waals surface area contributed by atoms with Crippen LogP contribution in [0.2, 0.25) is 5.02 Å². The fraction of sp³-hybridized carbons (Fsp3) is 0.125. The lowest BCUT2D eigenvalue weighted by Crippen LogP contribution is -2.00. The van der Waals surface area contributed by atoms with Crippen LogP contribution in [0, 0.1) is 12.3 Å². The molecule has 0 unspecified atom stereocenters. The number of terminal acetylenes is 1. The number of hydrogen-bond acceptors (Lipinski definition) is 2. The number of halogens is 2. The van der Waals surface area contributed by atoms with Crippen molar-refractivity contribution < 1.29 is 4.74 Å². The maximum Gasteiger partial charge on any atom is 0.148 e. The van der Waals surface area contributed by atoms with E-state index in [2.05, 4.69) is 27.2 Å². The molecule has 0 bridgehead atoms. The molecular weight excluding hydrogens is 338 g/mol. The second-order valence-corrected chi connectivity index (χ2v) is 5.44. The van der Waals surface area contributed by atoms with Crippen LogP contribution < -0.4 is 10.1 Å². The van der Waals surface area contributed by atoms with Crippen LogP contribution >= 0.6 is 27.5 Å². The zero-order valence-corrected chi connectivity index (χ0v) is 13.0. The Hall–Kier alpha value is -1.63. The van der Waals surface area contributed by atoms with Crippen molar-refractivity contribution in [2.45, 2.75) is 6.54 Å². The van der Waals surface area contributed by atoms with Crippen molar-refractivity contribution in [2.24, 2.45) is 0 Å². The summed E-state index contributed by atoms with van der Waals surface area (Å²) in [6.07, 6.45) is 5.15. The van der Waals surface area contributed by atoms with E-state index in [9.17, 15) is 0 Å². The summed E-state index contributed by atoms with van der Waals surface area (Å²) in [7, 11) is 0. The molecule has 0 aliphatic heterocycles. The summed E-state index contributed by atoms with van der Waals surface area (Å²) in [4.78, 5) is 0. The first kappa shape index (κ1) is 14.8. The van der Waals surface area contributed by atoms with E-state index >= 15 is 0 Å². The predicted molar refractivity (Wildman–Crippen MR) is 87.2 cm³/mol. The standard InChI is InChI=1S/C16H13BrClNO/c1-2-9-20-16-8-3-12(10-15(16)18)11-19-14-6-4-13(17)5-7-14/h1,3-8,10,19H,9,11H2. The highest BCUT2D eigenvalue weighted by Gasteiger charge is 2.03. The fourth-order valence-electron chi connectivity index (χ4n) is 1.66. The number of benzene rings is 2. The summed E-state index contributed by atoms with van der Waals surface area (Å²) in [5.41, 5.74) is 2.13. The van der Waals surface area contributed by atoms with Crippen LogP contribution in [0.25, 0.3) is 0 Å². The van der Waals surface area contributed by atoms with Crippen molar-refractivity contribution in [1.82, 2.24) is 0 Å². The molecule has 1 N–H and O–H groups in total. The van der Waals surface area contributed by atoms with Gasteiger partial charge in [0.25, 0.3) is 0 Å². The van der Waals surface area contributed by atoms with E-state index in [0.717, 1.165) is 15.7 Å². The maximum absolute atomic E-state index is 6.14. The second-order valence-electron chi connectivity index (χ2n) is 4.12. The highest BCUT2D eigenvalue weighted by Crippen LogP contribution is 2.26. The summed E-state index contributed by atoms with van der Waals surface area (Å²) in [6.45, 7) is 0.910. The van der Waals surface area contributed by atoms with Gasteiger partial charge in [-0.1, -0.05) is 39.5 Å². The number of hydrogen-bond donors (Lipinski definition) is 1. The van der Waals surface area contributed by atoms with Gasteiger partial charge < -0.3 is 10.1 Å². The van der Waals surface area contributed by atoms with Gasteiger partial charge in [0.05, 0.1) is 5.02 Å². The summed E-state index contributed by atoms with van der Waals surface area (Å²) in [5.74, 6) is 3.02. The normalized spacial score (nSPS) is 9.85. The smallest absolute Gasteiger partial charge is 0.148 e. The Morgan fingerprint density at radius 2 is 1.95 bits per heavy atom. The number of rotatable bonds is 5. The number of anilines is 1. The van der Waals surface area contributed by atoms with Crippen LogP contribution in [0.3, 0.4) is 0 Å². The first-order chi connectivity index (χ1) is 9.69. The van der Waals surface area contributed by atoms with Gasteiger partial charge in [0.1, 0.15) is 12.4 Å². The van der Waals surface area contributed by atoms with Crippen LogP contribution in [0.4, 0.5) is 5.69 Å². The molecule has 2 aromatic rings. The highest BCUT2D eigenvalue weighted by molar-refractivity contribution is 9.10. The van der Waals surface area contributed by atoms with Crippen LogP contribution in [0.15, 0.2) is 46.9 Å². The average Bonchev–Trinajstić information content (AvgIpc) is 2.46. The first-order valence-electron chi connectivity index (χ1n) is 6.03. The van der Waals surface area contributed by atoms with E-state index in [0.29, 0.717) is 17.3 Å². The van der Waals surface area contributed by atoms with Crippen molar-refractivity contribution >= 4 is 33.2 Å². The lowest BCUT2D eigenvalue weighted by Gasteiger charge is -2.09. The van der Waals surface area contributed by atoms with Crippen LogP contribution in [0.1, 0.15) is 5.56 Å². The summed E-state index contributed by atoms with van der Waals surface area (Å²) in [6, 6.07) is 13.7. The van der Waals surface area contributed by atoms with Crippen molar-refractivity contribution in [1.29, 1.82) is 0 Å². The Morgan fingerprint density at radius 1 is 1.20 bits per heavy atom. The molecule has 2 nitrogen and oxygen atoms in total. The average molecular weight is 351 g/mol. The third-order valence-corrected chi connectivity index (χ3v) is 3.47. The van der Waals surface area contributed by atoms with E-state index in [1.54, 1.807) is 0 Å². The third-order valence-electron chi connectivity index (χ3n) is 2.65. The van der Waals surface area contributed by atoms with Gasteiger partial charge >= 0.3 is 0 Å². The Bertz CT molecular complexity index is 619. The van der Waals surface area contributed by atoms with Gasteiger partial charge in [-0.05, 0) is 42.0 Å². The van der Waals surface area contributed by atoms with Crippen molar-refractivity contribution in [3.05, 3.63) is 57.5 Å². The molecule has 0 atom stereocenters. The molecule has 20 heavy (non-hydrogen) atoms. The van der Waals surface area contributed by atoms with Gasteiger partial charge in [0.2, 0.25) is 0 Å².